The Hall–Kier alpha value is -0.370. The van der Waals surface area contributed by atoms with Gasteiger partial charge in [-0.3, -0.25) is 4.90 Å². The van der Waals surface area contributed by atoms with Crippen LogP contribution in [0.1, 0.15) is 32.6 Å². The highest BCUT2D eigenvalue weighted by Crippen LogP contribution is 2.38. The molecule has 1 N–H and O–H groups in total. The molecule has 2 aliphatic rings. The summed E-state index contributed by atoms with van der Waals surface area (Å²) in [5.41, 5.74) is 0. The monoisotopic (exact) mass is 297 g/mol. The molecule has 1 saturated carbocycles. The first kappa shape index (κ1) is 16.0. The minimum atomic E-state index is -4.27. The summed E-state index contributed by atoms with van der Waals surface area (Å²) in [5.74, 6) is -0.790. The number of aliphatic hydroxyl groups excluding tert-OH is 1. The number of ether oxygens (including phenoxy) is 2. The number of hydrogen-bond donors (Lipinski definition) is 1. The predicted octanol–water partition coefficient (Wildman–Crippen LogP) is 1.92. The Morgan fingerprint density at radius 1 is 1.30 bits per heavy atom. The van der Waals surface area contributed by atoms with Crippen LogP contribution in [-0.2, 0) is 9.47 Å². The zero-order chi connectivity index (χ0) is 14.8. The lowest BCUT2D eigenvalue weighted by Gasteiger charge is -2.44. The Morgan fingerprint density at radius 3 is 2.50 bits per heavy atom. The fourth-order valence-electron chi connectivity index (χ4n) is 3.13. The smallest absolute Gasteiger partial charge is 0.391 e. The van der Waals surface area contributed by atoms with Gasteiger partial charge in [0.05, 0.1) is 25.9 Å². The maximum absolute atomic E-state index is 12.7. The van der Waals surface area contributed by atoms with Crippen molar-refractivity contribution in [1.29, 1.82) is 0 Å². The van der Waals surface area contributed by atoms with Crippen LogP contribution in [0.4, 0.5) is 13.2 Å². The Morgan fingerprint density at radius 2 is 1.95 bits per heavy atom. The molecule has 0 aromatic heterocycles. The third-order valence-corrected chi connectivity index (χ3v) is 3.96. The summed E-state index contributed by atoms with van der Waals surface area (Å²) < 4.78 is 49.2. The number of hydrogen-bond acceptors (Lipinski definition) is 4. The second-order valence-electron chi connectivity index (χ2n) is 5.57. The summed E-state index contributed by atoms with van der Waals surface area (Å²) in [4.78, 5) is 1.32. The molecule has 1 spiro atoms. The Kier molecular flexibility index (Phi) is 4.94. The van der Waals surface area contributed by atoms with Crippen LogP contribution in [0.3, 0.4) is 0 Å². The van der Waals surface area contributed by atoms with Crippen LogP contribution >= 0.6 is 0 Å². The van der Waals surface area contributed by atoms with Crippen molar-refractivity contribution in [2.75, 3.05) is 26.3 Å². The number of nitrogens with zero attached hydrogens (tertiary/aromatic N) is 1. The molecule has 1 heterocycles. The zero-order valence-corrected chi connectivity index (χ0v) is 11.7. The van der Waals surface area contributed by atoms with Crippen LogP contribution in [0.15, 0.2) is 0 Å². The van der Waals surface area contributed by atoms with Crippen LogP contribution in [0.5, 0.6) is 0 Å². The minimum absolute atomic E-state index is 0.296. The maximum Gasteiger partial charge on any atom is 0.401 e. The molecule has 0 bridgehead atoms. The normalized spacial score (nSPS) is 30.3. The standard InChI is InChI=1S/C13H22F3NO3/c1-2-5-17(9-13(14,15)16)10-8-12(4-3-11(10)18)19-6-7-20-12/h10-11,18H,2-9H2,1H3. The predicted molar refractivity (Wildman–Crippen MR) is 66.2 cm³/mol. The van der Waals surface area contributed by atoms with E-state index in [4.69, 9.17) is 9.47 Å². The van der Waals surface area contributed by atoms with Crippen molar-refractivity contribution in [3.63, 3.8) is 0 Å². The highest BCUT2D eigenvalue weighted by atomic mass is 19.4. The summed E-state index contributed by atoms with van der Waals surface area (Å²) in [6.07, 6.45) is -3.18. The molecule has 1 aliphatic carbocycles. The van der Waals surface area contributed by atoms with E-state index < -0.39 is 30.7 Å². The lowest BCUT2D eigenvalue weighted by atomic mass is 9.86. The average molecular weight is 297 g/mol. The third kappa shape index (κ3) is 3.84. The molecule has 2 atom stereocenters. The molecule has 118 valence electrons. The van der Waals surface area contributed by atoms with E-state index in [1.165, 1.54) is 4.90 Å². The molecule has 4 nitrogen and oxygen atoms in total. The van der Waals surface area contributed by atoms with Gasteiger partial charge in [0.15, 0.2) is 5.79 Å². The van der Waals surface area contributed by atoms with Gasteiger partial charge in [0, 0.05) is 18.9 Å². The van der Waals surface area contributed by atoms with Gasteiger partial charge >= 0.3 is 6.18 Å². The second-order valence-corrected chi connectivity index (χ2v) is 5.57. The number of halogens is 3. The largest absolute Gasteiger partial charge is 0.401 e. The molecular formula is C13H22F3NO3. The summed E-state index contributed by atoms with van der Waals surface area (Å²) >= 11 is 0. The van der Waals surface area contributed by atoms with Gasteiger partial charge in [0.1, 0.15) is 0 Å². The molecule has 0 radical (unpaired) electrons. The molecule has 7 heteroatoms. The van der Waals surface area contributed by atoms with E-state index in [0.29, 0.717) is 45.4 Å². The Balaban J connectivity index is 2.08. The van der Waals surface area contributed by atoms with Gasteiger partial charge in [-0.25, -0.2) is 0 Å². The van der Waals surface area contributed by atoms with Crippen molar-refractivity contribution in [3.05, 3.63) is 0 Å². The molecule has 20 heavy (non-hydrogen) atoms. The number of alkyl halides is 3. The first-order chi connectivity index (χ1) is 9.35. The summed E-state index contributed by atoms with van der Waals surface area (Å²) in [6.45, 7) is 2.07. The van der Waals surface area contributed by atoms with Gasteiger partial charge in [0.2, 0.25) is 0 Å². The quantitative estimate of drug-likeness (QED) is 0.861. The summed E-state index contributed by atoms with van der Waals surface area (Å²) in [5, 5.41) is 10.1. The van der Waals surface area contributed by atoms with Crippen molar-refractivity contribution in [2.45, 2.75) is 56.7 Å². The molecule has 2 fully saturated rings. The molecule has 2 rings (SSSR count). The summed E-state index contributed by atoms with van der Waals surface area (Å²) in [7, 11) is 0. The van der Waals surface area contributed by atoms with Crippen molar-refractivity contribution in [2.24, 2.45) is 0 Å². The lowest BCUT2D eigenvalue weighted by molar-refractivity contribution is -0.215. The third-order valence-electron chi connectivity index (χ3n) is 3.96. The van der Waals surface area contributed by atoms with Crippen LogP contribution in [0.2, 0.25) is 0 Å². The zero-order valence-electron chi connectivity index (χ0n) is 11.7. The van der Waals surface area contributed by atoms with Crippen molar-refractivity contribution >= 4 is 0 Å². The van der Waals surface area contributed by atoms with Crippen LogP contribution in [0, 0.1) is 0 Å². The van der Waals surface area contributed by atoms with E-state index in [1.54, 1.807) is 0 Å². The SMILES string of the molecule is CCCN(CC(F)(F)F)C1CC2(CCC1O)OCCO2. The Labute approximate surface area is 116 Å². The summed E-state index contributed by atoms with van der Waals surface area (Å²) in [6, 6.07) is -0.566. The van der Waals surface area contributed by atoms with Gasteiger partial charge in [0.25, 0.3) is 0 Å². The van der Waals surface area contributed by atoms with Gasteiger partial charge < -0.3 is 14.6 Å². The van der Waals surface area contributed by atoms with E-state index in [2.05, 4.69) is 0 Å². The van der Waals surface area contributed by atoms with Crippen molar-refractivity contribution < 1.29 is 27.8 Å². The van der Waals surface area contributed by atoms with Gasteiger partial charge in [-0.2, -0.15) is 13.2 Å². The van der Waals surface area contributed by atoms with Gasteiger partial charge in [-0.1, -0.05) is 6.92 Å². The van der Waals surface area contributed by atoms with Crippen molar-refractivity contribution in [1.82, 2.24) is 4.90 Å². The van der Waals surface area contributed by atoms with E-state index >= 15 is 0 Å². The first-order valence-corrected chi connectivity index (χ1v) is 7.12. The second kappa shape index (κ2) is 6.17. The van der Waals surface area contributed by atoms with Crippen LogP contribution in [0.25, 0.3) is 0 Å². The fraction of sp³-hybridized carbons (Fsp3) is 1.00. The van der Waals surface area contributed by atoms with E-state index in [9.17, 15) is 18.3 Å². The topological polar surface area (TPSA) is 41.9 Å². The van der Waals surface area contributed by atoms with Crippen LogP contribution < -0.4 is 0 Å². The molecule has 0 amide bonds. The van der Waals surface area contributed by atoms with Gasteiger partial charge in [-0.15, -0.1) is 0 Å². The average Bonchev–Trinajstić information content (AvgIpc) is 2.79. The first-order valence-electron chi connectivity index (χ1n) is 7.12. The highest BCUT2D eigenvalue weighted by Gasteiger charge is 2.47. The Bertz CT molecular complexity index is 318. The van der Waals surface area contributed by atoms with E-state index in [0.717, 1.165) is 0 Å². The number of aliphatic hydroxyl groups is 1. The molecule has 0 aromatic carbocycles. The molecule has 0 aromatic rings. The lowest BCUT2D eigenvalue weighted by Crippen LogP contribution is -2.55. The van der Waals surface area contributed by atoms with Crippen LogP contribution in [-0.4, -0.2) is 60.4 Å². The fourth-order valence-corrected chi connectivity index (χ4v) is 3.13. The molecule has 1 saturated heterocycles. The minimum Gasteiger partial charge on any atom is -0.391 e. The highest BCUT2D eigenvalue weighted by molar-refractivity contribution is 4.93. The molecular weight excluding hydrogens is 275 g/mol. The van der Waals surface area contributed by atoms with Gasteiger partial charge in [-0.05, 0) is 19.4 Å². The molecule has 1 aliphatic heterocycles. The van der Waals surface area contributed by atoms with E-state index in [1.807, 2.05) is 6.92 Å². The van der Waals surface area contributed by atoms with Crippen molar-refractivity contribution in [3.8, 4) is 0 Å². The maximum atomic E-state index is 12.7. The molecule has 2 unspecified atom stereocenters. The van der Waals surface area contributed by atoms with E-state index in [-0.39, 0.29) is 0 Å². The number of rotatable bonds is 4.